The number of carbonyl (C=O) groups excluding carboxylic acids is 1. The second-order valence-electron chi connectivity index (χ2n) is 4.87. The Morgan fingerprint density at radius 2 is 1.75 bits per heavy atom. The first-order chi connectivity index (χ1) is 11.6. The van der Waals surface area contributed by atoms with Crippen LogP contribution in [0.5, 0.6) is 17.2 Å². The monoisotopic (exact) mass is 332 g/mol. The Bertz CT molecular complexity index is 676. The molecule has 2 rings (SSSR count). The molecule has 1 heterocycles. The van der Waals surface area contributed by atoms with E-state index < -0.39 is 5.97 Å². The van der Waals surface area contributed by atoms with Crippen molar-refractivity contribution in [1.82, 2.24) is 9.97 Å². The lowest BCUT2D eigenvalue weighted by Crippen LogP contribution is -2.07. The van der Waals surface area contributed by atoms with Crippen LogP contribution in [-0.2, 0) is 11.3 Å². The van der Waals surface area contributed by atoms with E-state index >= 15 is 0 Å². The first-order valence-corrected chi connectivity index (χ1v) is 7.42. The molecule has 0 radical (unpaired) electrons. The molecular weight excluding hydrogens is 312 g/mol. The molecule has 0 saturated heterocycles. The minimum absolute atomic E-state index is 0.193. The molecule has 0 aliphatic heterocycles. The van der Waals surface area contributed by atoms with Crippen LogP contribution in [0, 0.1) is 6.92 Å². The second kappa shape index (κ2) is 8.14. The van der Waals surface area contributed by atoms with E-state index in [4.69, 9.17) is 18.9 Å². The van der Waals surface area contributed by atoms with Crippen molar-refractivity contribution in [3.05, 3.63) is 41.5 Å². The Morgan fingerprint density at radius 1 is 1.08 bits per heavy atom. The molecule has 0 saturated carbocycles. The van der Waals surface area contributed by atoms with Crippen LogP contribution >= 0.6 is 0 Å². The van der Waals surface area contributed by atoms with Crippen LogP contribution in [0.25, 0.3) is 0 Å². The van der Waals surface area contributed by atoms with Crippen LogP contribution in [0.4, 0.5) is 0 Å². The predicted octanol–water partition coefficient (Wildman–Crippen LogP) is 2.56. The molecule has 0 bridgehead atoms. The number of rotatable bonds is 7. The van der Waals surface area contributed by atoms with Crippen LogP contribution in [0.3, 0.4) is 0 Å². The van der Waals surface area contributed by atoms with Gasteiger partial charge in [0.15, 0.2) is 11.5 Å². The summed E-state index contributed by atoms with van der Waals surface area (Å²) in [5.41, 5.74) is 1.82. The van der Waals surface area contributed by atoms with Crippen molar-refractivity contribution >= 4 is 5.97 Å². The predicted molar refractivity (Wildman–Crippen MR) is 86.6 cm³/mol. The maximum absolute atomic E-state index is 11.9. The number of methoxy groups -OCH3 is 2. The normalized spacial score (nSPS) is 10.2. The van der Waals surface area contributed by atoms with Crippen molar-refractivity contribution in [2.24, 2.45) is 0 Å². The molecule has 7 nitrogen and oxygen atoms in total. The first kappa shape index (κ1) is 17.5. The van der Waals surface area contributed by atoms with Gasteiger partial charge in [-0.05, 0) is 26.0 Å². The van der Waals surface area contributed by atoms with Crippen molar-refractivity contribution in [3.8, 4) is 17.2 Å². The average molecular weight is 332 g/mol. The highest BCUT2D eigenvalue weighted by Gasteiger charge is 2.18. The molecule has 1 aromatic heterocycles. The quantitative estimate of drug-likeness (QED) is 0.721. The molecule has 0 amide bonds. The number of ether oxygens (including phenoxy) is 4. The maximum atomic E-state index is 11.9. The first-order valence-electron chi connectivity index (χ1n) is 7.42. The fourth-order valence-corrected chi connectivity index (χ4v) is 1.99. The zero-order valence-electron chi connectivity index (χ0n) is 14.2. The summed E-state index contributed by atoms with van der Waals surface area (Å²) in [5.74, 6) is 0.676. The van der Waals surface area contributed by atoms with Crippen molar-refractivity contribution in [3.63, 3.8) is 0 Å². The molecular formula is C17H20N2O5. The van der Waals surface area contributed by atoms with Crippen LogP contribution in [0.2, 0.25) is 0 Å². The Kier molecular flexibility index (Phi) is 5.95. The van der Waals surface area contributed by atoms with E-state index in [1.807, 2.05) is 6.92 Å². The van der Waals surface area contributed by atoms with Gasteiger partial charge in [-0.1, -0.05) is 0 Å². The number of aryl methyl sites for hydroxylation is 1. The van der Waals surface area contributed by atoms with Gasteiger partial charge in [-0.25, -0.2) is 4.79 Å². The minimum Gasteiger partial charge on any atom is -0.493 e. The number of carbonyl (C=O) groups is 1. The Hall–Kier alpha value is -2.83. The van der Waals surface area contributed by atoms with E-state index in [1.165, 1.54) is 14.2 Å². The highest BCUT2D eigenvalue weighted by Crippen LogP contribution is 2.39. The molecule has 1 aromatic carbocycles. The molecule has 7 heteroatoms. The zero-order chi connectivity index (χ0) is 17.5. The summed E-state index contributed by atoms with van der Waals surface area (Å²) in [7, 11) is 2.98. The number of hydrogen-bond donors (Lipinski definition) is 0. The smallest absolute Gasteiger partial charge is 0.338 e. The van der Waals surface area contributed by atoms with Crippen LogP contribution < -0.4 is 14.2 Å². The molecule has 0 spiro atoms. The standard InChI is InChI=1S/C17H20N2O5/c1-5-23-17(20)12-6-14(21-3)16(15(7-12)22-4)24-10-13-9-18-11(2)8-19-13/h6-9H,5,10H2,1-4H3. The van der Waals surface area contributed by atoms with Gasteiger partial charge in [-0.2, -0.15) is 0 Å². The average Bonchev–Trinajstić information content (AvgIpc) is 2.60. The lowest BCUT2D eigenvalue weighted by atomic mass is 10.2. The Labute approximate surface area is 140 Å². The second-order valence-corrected chi connectivity index (χ2v) is 4.87. The molecule has 0 unspecified atom stereocenters. The van der Waals surface area contributed by atoms with Gasteiger partial charge < -0.3 is 18.9 Å². The summed E-state index contributed by atoms with van der Waals surface area (Å²) in [5, 5.41) is 0. The third kappa shape index (κ3) is 4.13. The number of benzene rings is 1. The third-order valence-corrected chi connectivity index (χ3v) is 3.17. The molecule has 2 aromatic rings. The number of esters is 1. The van der Waals surface area contributed by atoms with E-state index in [0.29, 0.717) is 28.5 Å². The molecule has 0 atom stereocenters. The molecule has 0 fully saturated rings. The lowest BCUT2D eigenvalue weighted by molar-refractivity contribution is 0.0525. The fourth-order valence-electron chi connectivity index (χ4n) is 1.99. The number of nitrogens with zero attached hydrogens (tertiary/aromatic N) is 2. The van der Waals surface area contributed by atoms with Gasteiger partial charge in [0.05, 0.1) is 44.0 Å². The summed E-state index contributed by atoms with van der Waals surface area (Å²) in [6.07, 6.45) is 3.30. The van der Waals surface area contributed by atoms with Gasteiger partial charge in [0, 0.05) is 6.20 Å². The number of hydrogen-bond acceptors (Lipinski definition) is 7. The maximum Gasteiger partial charge on any atom is 0.338 e. The van der Waals surface area contributed by atoms with Gasteiger partial charge >= 0.3 is 5.97 Å². The van der Waals surface area contributed by atoms with Crippen molar-refractivity contribution in [2.75, 3.05) is 20.8 Å². The third-order valence-electron chi connectivity index (χ3n) is 3.17. The summed E-state index contributed by atoms with van der Waals surface area (Å²) in [6.45, 7) is 4.08. The van der Waals surface area contributed by atoms with E-state index in [0.717, 1.165) is 5.69 Å². The summed E-state index contributed by atoms with van der Waals surface area (Å²) < 4.78 is 21.4. The van der Waals surface area contributed by atoms with Crippen LogP contribution in [0.1, 0.15) is 28.7 Å². The molecule has 24 heavy (non-hydrogen) atoms. The highest BCUT2D eigenvalue weighted by molar-refractivity contribution is 5.91. The Balaban J connectivity index is 2.27. The van der Waals surface area contributed by atoms with Crippen LogP contribution in [-0.4, -0.2) is 36.8 Å². The molecule has 128 valence electrons. The van der Waals surface area contributed by atoms with Crippen molar-refractivity contribution < 1.29 is 23.7 Å². The van der Waals surface area contributed by atoms with Crippen molar-refractivity contribution in [2.45, 2.75) is 20.5 Å². The molecule has 0 aliphatic rings. The fraction of sp³-hybridized carbons (Fsp3) is 0.353. The molecule has 0 aliphatic carbocycles. The van der Waals surface area contributed by atoms with Gasteiger partial charge in [-0.15, -0.1) is 0 Å². The molecule has 0 N–H and O–H groups in total. The van der Waals surface area contributed by atoms with Gasteiger partial charge in [0.1, 0.15) is 6.61 Å². The summed E-state index contributed by atoms with van der Waals surface area (Å²) in [4.78, 5) is 20.3. The van der Waals surface area contributed by atoms with Crippen LogP contribution in [0.15, 0.2) is 24.5 Å². The topological polar surface area (TPSA) is 79.8 Å². The highest BCUT2D eigenvalue weighted by atomic mass is 16.5. The largest absolute Gasteiger partial charge is 0.493 e. The van der Waals surface area contributed by atoms with Crippen molar-refractivity contribution in [1.29, 1.82) is 0 Å². The van der Waals surface area contributed by atoms with E-state index in [2.05, 4.69) is 9.97 Å². The van der Waals surface area contributed by atoms with E-state index in [9.17, 15) is 4.79 Å². The zero-order valence-corrected chi connectivity index (χ0v) is 14.2. The van der Waals surface area contributed by atoms with Gasteiger partial charge in [0.2, 0.25) is 5.75 Å². The lowest BCUT2D eigenvalue weighted by Gasteiger charge is -2.15. The van der Waals surface area contributed by atoms with E-state index in [1.54, 1.807) is 31.5 Å². The summed E-state index contributed by atoms with van der Waals surface area (Å²) in [6, 6.07) is 3.10. The Morgan fingerprint density at radius 3 is 2.25 bits per heavy atom. The minimum atomic E-state index is -0.454. The van der Waals surface area contributed by atoms with Gasteiger partial charge in [-0.3, -0.25) is 9.97 Å². The SMILES string of the molecule is CCOC(=O)c1cc(OC)c(OCc2cnc(C)cn2)c(OC)c1. The van der Waals surface area contributed by atoms with Gasteiger partial charge in [0.25, 0.3) is 0 Å². The van der Waals surface area contributed by atoms with E-state index in [-0.39, 0.29) is 13.2 Å². The summed E-state index contributed by atoms with van der Waals surface area (Å²) >= 11 is 0. The number of aromatic nitrogens is 2.